The van der Waals surface area contributed by atoms with Crippen LogP contribution in [0.25, 0.3) is 0 Å². The minimum atomic E-state index is -4.72. The molecule has 0 bridgehead atoms. The number of carbonyl (C=O) groups is 3. The van der Waals surface area contributed by atoms with E-state index in [-0.39, 0.29) is 19.4 Å². The van der Waals surface area contributed by atoms with Gasteiger partial charge in [0.2, 0.25) is 0 Å². The summed E-state index contributed by atoms with van der Waals surface area (Å²) in [5.74, 6) is -2.40. The van der Waals surface area contributed by atoms with E-state index in [1.165, 1.54) is 77.0 Å². The number of phosphoric ester groups is 1. The second-order valence-electron chi connectivity index (χ2n) is 14.5. The third-order valence-corrected chi connectivity index (χ3v) is 10.1. The molecule has 0 aliphatic carbocycles. The fourth-order valence-corrected chi connectivity index (χ4v) is 6.44. The summed E-state index contributed by atoms with van der Waals surface area (Å²) in [5, 5.41) is 8.88. The summed E-state index contributed by atoms with van der Waals surface area (Å²) in [7, 11) is -4.72. The number of hydrogen-bond donors (Lipinski definition) is 3. The fourth-order valence-electron chi connectivity index (χ4n) is 5.66. The van der Waals surface area contributed by atoms with Crippen LogP contribution in [-0.4, -0.2) is 59.9 Å². The molecule has 0 rings (SSSR count). The van der Waals surface area contributed by atoms with Gasteiger partial charge in [0.05, 0.1) is 13.2 Å². The monoisotopic (exact) mass is 800 g/mol. The quantitative estimate of drug-likeness (QED) is 0.0233. The van der Waals surface area contributed by atoms with Crippen LogP contribution in [0.3, 0.4) is 0 Å². The Morgan fingerprint density at radius 3 is 1.49 bits per heavy atom. The van der Waals surface area contributed by atoms with Gasteiger partial charge < -0.3 is 25.2 Å². The Kier molecular flexibility index (Phi) is 37.0. The maximum atomic E-state index is 12.6. The lowest BCUT2D eigenvalue weighted by molar-refractivity contribution is -0.161. The minimum Gasteiger partial charge on any atom is -0.480 e. The summed E-state index contributed by atoms with van der Waals surface area (Å²) in [6.07, 6.45) is 40.6. The van der Waals surface area contributed by atoms with Crippen LogP contribution in [0.2, 0.25) is 0 Å². The molecule has 12 heteroatoms. The van der Waals surface area contributed by atoms with Crippen molar-refractivity contribution in [1.29, 1.82) is 0 Å². The number of allylic oxidation sites excluding steroid dienone is 6. The first-order valence-corrected chi connectivity index (χ1v) is 23.0. The van der Waals surface area contributed by atoms with Crippen molar-refractivity contribution in [3.05, 3.63) is 36.5 Å². The molecule has 55 heavy (non-hydrogen) atoms. The maximum absolute atomic E-state index is 12.6. The molecule has 3 atom stereocenters. The molecule has 0 aromatic rings. The van der Waals surface area contributed by atoms with Crippen LogP contribution in [0, 0.1) is 0 Å². The Balaban J connectivity index is 4.38. The lowest BCUT2D eigenvalue weighted by Crippen LogP contribution is -2.34. The van der Waals surface area contributed by atoms with Gasteiger partial charge in [0.1, 0.15) is 12.6 Å². The Hall–Kier alpha value is -2.30. The Morgan fingerprint density at radius 2 is 0.982 bits per heavy atom. The molecule has 0 aliphatic heterocycles. The average Bonchev–Trinajstić information content (AvgIpc) is 3.16. The molecule has 0 aliphatic rings. The van der Waals surface area contributed by atoms with Crippen molar-refractivity contribution in [2.45, 2.75) is 199 Å². The number of aliphatic carboxylic acids is 1. The molecule has 1 unspecified atom stereocenters. The second kappa shape index (κ2) is 38.6. The fraction of sp³-hybridized carbons (Fsp3) is 0.791. The van der Waals surface area contributed by atoms with Gasteiger partial charge in [-0.1, -0.05) is 147 Å². The minimum absolute atomic E-state index is 0.144. The Morgan fingerprint density at radius 1 is 0.564 bits per heavy atom. The molecule has 0 spiro atoms. The summed E-state index contributed by atoms with van der Waals surface area (Å²) >= 11 is 0. The largest absolute Gasteiger partial charge is 0.480 e. The van der Waals surface area contributed by atoms with Gasteiger partial charge in [0.15, 0.2) is 6.10 Å². The van der Waals surface area contributed by atoms with Gasteiger partial charge in [-0.05, 0) is 64.2 Å². The molecular formula is C43H78NO10P. The van der Waals surface area contributed by atoms with Crippen LogP contribution in [0.5, 0.6) is 0 Å². The number of hydrogen-bond acceptors (Lipinski definition) is 9. The molecule has 0 amide bonds. The van der Waals surface area contributed by atoms with Crippen molar-refractivity contribution in [3.8, 4) is 0 Å². The van der Waals surface area contributed by atoms with Crippen LogP contribution >= 0.6 is 7.82 Å². The first kappa shape index (κ1) is 52.7. The highest BCUT2D eigenvalue weighted by Gasteiger charge is 2.28. The Labute approximate surface area is 333 Å². The first-order chi connectivity index (χ1) is 26.6. The van der Waals surface area contributed by atoms with Crippen LogP contribution in [-0.2, 0) is 37.5 Å². The number of carboxylic acids is 1. The molecule has 0 fully saturated rings. The molecule has 0 saturated heterocycles. The van der Waals surface area contributed by atoms with E-state index in [9.17, 15) is 23.8 Å². The van der Waals surface area contributed by atoms with Gasteiger partial charge in [-0.2, -0.15) is 0 Å². The highest BCUT2D eigenvalue weighted by atomic mass is 31.2. The van der Waals surface area contributed by atoms with Crippen LogP contribution < -0.4 is 5.73 Å². The number of esters is 2. The number of carbonyl (C=O) groups excluding carboxylic acids is 2. The van der Waals surface area contributed by atoms with E-state index in [1.807, 2.05) is 0 Å². The molecule has 4 N–H and O–H groups in total. The van der Waals surface area contributed by atoms with Crippen LogP contribution in [0.1, 0.15) is 187 Å². The van der Waals surface area contributed by atoms with Crippen molar-refractivity contribution in [2.75, 3.05) is 19.8 Å². The van der Waals surface area contributed by atoms with Gasteiger partial charge in [0, 0.05) is 12.8 Å². The van der Waals surface area contributed by atoms with Gasteiger partial charge in [-0.25, -0.2) is 4.57 Å². The summed E-state index contributed by atoms with van der Waals surface area (Å²) in [6, 6.07) is -1.52. The maximum Gasteiger partial charge on any atom is 0.472 e. The number of ether oxygens (including phenoxy) is 2. The topological polar surface area (TPSA) is 172 Å². The van der Waals surface area contributed by atoms with E-state index >= 15 is 0 Å². The molecular weight excluding hydrogens is 721 g/mol. The molecule has 0 aromatic heterocycles. The van der Waals surface area contributed by atoms with E-state index in [2.05, 4.69) is 54.8 Å². The van der Waals surface area contributed by atoms with Gasteiger partial charge in [0.25, 0.3) is 0 Å². The number of unbranched alkanes of at least 4 members (excludes halogenated alkanes) is 20. The van der Waals surface area contributed by atoms with Crippen molar-refractivity contribution in [2.24, 2.45) is 5.73 Å². The van der Waals surface area contributed by atoms with Crippen molar-refractivity contribution < 1.29 is 47.5 Å². The summed E-state index contributed by atoms with van der Waals surface area (Å²) in [4.78, 5) is 45.9. The molecule has 0 radical (unpaired) electrons. The molecule has 0 heterocycles. The SMILES string of the molecule is CCCC/C=C/C/C=C/CCCCCCCC(=O)O[C@H](COC(=O)CCCCCCCCC/C=C/CCCCCCCC)COP(=O)(O)OC[C@H](N)C(=O)O. The third kappa shape index (κ3) is 38.4. The van der Waals surface area contributed by atoms with Crippen LogP contribution in [0.4, 0.5) is 0 Å². The number of nitrogens with two attached hydrogens (primary N) is 1. The predicted molar refractivity (Wildman–Crippen MR) is 222 cm³/mol. The van der Waals surface area contributed by atoms with E-state index in [1.54, 1.807) is 0 Å². The van der Waals surface area contributed by atoms with E-state index in [0.29, 0.717) is 12.8 Å². The number of rotatable bonds is 40. The summed E-state index contributed by atoms with van der Waals surface area (Å²) < 4.78 is 32.7. The van der Waals surface area contributed by atoms with Crippen molar-refractivity contribution in [1.82, 2.24) is 0 Å². The van der Waals surface area contributed by atoms with Gasteiger partial charge >= 0.3 is 25.7 Å². The average molecular weight is 800 g/mol. The highest BCUT2D eigenvalue weighted by molar-refractivity contribution is 7.47. The van der Waals surface area contributed by atoms with Gasteiger partial charge in [-0.3, -0.25) is 23.4 Å². The molecule has 0 saturated carbocycles. The van der Waals surface area contributed by atoms with E-state index in [4.69, 9.17) is 24.8 Å². The zero-order chi connectivity index (χ0) is 40.7. The molecule has 0 aromatic carbocycles. The van der Waals surface area contributed by atoms with Gasteiger partial charge in [-0.15, -0.1) is 0 Å². The van der Waals surface area contributed by atoms with Crippen molar-refractivity contribution in [3.63, 3.8) is 0 Å². The summed E-state index contributed by atoms with van der Waals surface area (Å²) in [6.45, 7) is 2.74. The Bertz CT molecular complexity index is 1080. The lowest BCUT2D eigenvalue weighted by Gasteiger charge is -2.20. The molecule has 11 nitrogen and oxygen atoms in total. The highest BCUT2D eigenvalue weighted by Crippen LogP contribution is 2.43. The standard InChI is InChI=1S/C43H78NO10P/c1-3-5-7-9-11-13-15-17-19-20-21-23-24-26-28-30-32-34-41(45)51-36-39(37-52-55(49,50)53-38-40(44)43(47)48)54-42(46)35-33-31-29-27-25-22-18-16-14-12-10-8-6-4-2/h10,12,16-19,39-40H,3-9,11,13-15,20-38,44H2,1-2H3,(H,47,48)(H,49,50)/b12-10+,18-16+,19-17+/t39-,40+/m1/s1. The zero-order valence-electron chi connectivity index (χ0n) is 34.5. The predicted octanol–water partition coefficient (Wildman–Crippen LogP) is 11.2. The van der Waals surface area contributed by atoms with Crippen LogP contribution in [0.15, 0.2) is 36.5 Å². The first-order valence-electron chi connectivity index (χ1n) is 21.5. The molecule has 320 valence electrons. The number of phosphoric acid groups is 1. The number of carboxylic acid groups (broad SMARTS) is 1. The third-order valence-electron chi connectivity index (χ3n) is 9.11. The zero-order valence-corrected chi connectivity index (χ0v) is 35.4. The lowest BCUT2D eigenvalue weighted by atomic mass is 10.1. The normalized spacial score (nSPS) is 14.1. The van der Waals surface area contributed by atoms with E-state index < -0.39 is 51.1 Å². The summed E-state index contributed by atoms with van der Waals surface area (Å²) in [5.41, 5.74) is 5.33. The second-order valence-corrected chi connectivity index (χ2v) is 15.9. The van der Waals surface area contributed by atoms with Crippen molar-refractivity contribution >= 4 is 25.7 Å². The van der Waals surface area contributed by atoms with E-state index in [0.717, 1.165) is 70.6 Å². The smallest absolute Gasteiger partial charge is 0.472 e.